The third-order valence-electron chi connectivity index (χ3n) is 5.26. The fourth-order valence-corrected chi connectivity index (χ4v) is 3.84. The van der Waals surface area contributed by atoms with Crippen molar-refractivity contribution in [3.05, 3.63) is 89.5 Å². The first kappa shape index (κ1) is 19.6. The van der Waals surface area contributed by atoms with Crippen molar-refractivity contribution < 1.29 is 14.3 Å². The van der Waals surface area contributed by atoms with Crippen LogP contribution in [-0.4, -0.2) is 26.4 Å². The number of nitrogens with two attached hydrogens (primary N) is 1. The van der Waals surface area contributed by atoms with Crippen LogP contribution in [0, 0.1) is 0 Å². The Bertz CT molecular complexity index is 1050. The minimum atomic E-state index is -0.439. The number of nitrogen functional groups attached to an aromatic ring is 1. The molecule has 3 aromatic rings. The van der Waals surface area contributed by atoms with E-state index in [2.05, 4.69) is 29.6 Å². The first-order valence-corrected chi connectivity index (χ1v) is 9.86. The highest BCUT2D eigenvalue weighted by molar-refractivity contribution is 5.79. The number of nitrogens with one attached hydrogen (secondary N) is 1. The number of carbonyl (C=O) groups excluding carboxylic acids is 1. The number of hydrogen-bond acceptors (Lipinski definition) is 4. The molecule has 0 heterocycles. The van der Waals surface area contributed by atoms with Crippen LogP contribution in [0.2, 0.25) is 0 Å². The molecule has 0 spiro atoms. The number of alkyl carbamates (subject to hydrolysis) is 1. The number of methoxy groups -OCH3 is 1. The van der Waals surface area contributed by atoms with Crippen LogP contribution in [0.4, 0.5) is 10.5 Å². The summed E-state index contributed by atoms with van der Waals surface area (Å²) < 4.78 is 10.8. The van der Waals surface area contributed by atoms with E-state index in [0.29, 0.717) is 24.6 Å². The van der Waals surface area contributed by atoms with Gasteiger partial charge in [0.2, 0.25) is 0 Å². The lowest BCUT2D eigenvalue weighted by molar-refractivity contribution is 0.144. The third kappa shape index (κ3) is 4.01. The maximum absolute atomic E-state index is 12.2. The lowest BCUT2D eigenvalue weighted by Gasteiger charge is -2.14. The van der Waals surface area contributed by atoms with Crippen molar-refractivity contribution in [2.75, 3.05) is 26.0 Å². The van der Waals surface area contributed by atoms with Gasteiger partial charge < -0.3 is 20.5 Å². The standard InChI is InChI=1S/C25H24N2O3/c1-29-24-15-18(26)13-12-17(24)7-6-14-27-25(28)30-16-23-21-10-4-2-8-19(21)20-9-3-5-11-22(20)23/h2-13,15,23H,14,16,26H2,1H3,(H,27,28). The van der Waals surface area contributed by atoms with Gasteiger partial charge in [0.15, 0.2) is 0 Å². The number of rotatable bonds is 6. The van der Waals surface area contributed by atoms with E-state index in [9.17, 15) is 4.79 Å². The minimum absolute atomic E-state index is 0.0535. The van der Waals surface area contributed by atoms with Crippen molar-refractivity contribution >= 4 is 17.9 Å². The van der Waals surface area contributed by atoms with Gasteiger partial charge in [-0.25, -0.2) is 4.79 Å². The second kappa shape index (κ2) is 8.74. The van der Waals surface area contributed by atoms with Crippen LogP contribution in [0.25, 0.3) is 17.2 Å². The normalized spacial score (nSPS) is 12.4. The minimum Gasteiger partial charge on any atom is -0.496 e. The van der Waals surface area contributed by atoms with E-state index in [0.717, 1.165) is 5.56 Å². The number of fused-ring (bicyclic) bond motifs is 3. The summed E-state index contributed by atoms with van der Waals surface area (Å²) in [6.07, 6.45) is 3.28. The number of amides is 1. The van der Waals surface area contributed by atoms with Gasteiger partial charge in [0, 0.05) is 29.8 Å². The molecule has 1 aliphatic rings. The van der Waals surface area contributed by atoms with Crippen molar-refractivity contribution in [1.82, 2.24) is 5.32 Å². The lowest BCUT2D eigenvalue weighted by atomic mass is 9.98. The molecule has 3 N–H and O–H groups in total. The maximum atomic E-state index is 12.2. The van der Waals surface area contributed by atoms with Gasteiger partial charge in [-0.2, -0.15) is 0 Å². The Hall–Kier alpha value is -3.73. The molecule has 30 heavy (non-hydrogen) atoms. The molecule has 5 nitrogen and oxygen atoms in total. The zero-order valence-electron chi connectivity index (χ0n) is 16.8. The van der Waals surface area contributed by atoms with E-state index in [1.54, 1.807) is 19.2 Å². The molecule has 4 rings (SSSR count). The summed E-state index contributed by atoms with van der Waals surface area (Å²) in [6.45, 7) is 0.652. The first-order valence-electron chi connectivity index (χ1n) is 9.86. The molecule has 1 aliphatic carbocycles. The Labute approximate surface area is 176 Å². The van der Waals surface area contributed by atoms with Crippen molar-refractivity contribution in [2.24, 2.45) is 0 Å². The molecular weight excluding hydrogens is 376 g/mol. The molecule has 0 unspecified atom stereocenters. The molecule has 1 amide bonds. The summed E-state index contributed by atoms with van der Waals surface area (Å²) in [6, 6.07) is 22.0. The van der Waals surface area contributed by atoms with Crippen molar-refractivity contribution in [3.63, 3.8) is 0 Å². The smallest absolute Gasteiger partial charge is 0.407 e. The highest BCUT2D eigenvalue weighted by atomic mass is 16.5. The Morgan fingerprint density at radius 1 is 1.03 bits per heavy atom. The Balaban J connectivity index is 1.34. The predicted molar refractivity (Wildman–Crippen MR) is 120 cm³/mol. The van der Waals surface area contributed by atoms with Gasteiger partial charge in [0.1, 0.15) is 12.4 Å². The molecule has 0 aliphatic heterocycles. The number of hydrogen-bond donors (Lipinski definition) is 2. The van der Waals surface area contributed by atoms with Gasteiger partial charge in [-0.1, -0.05) is 60.7 Å². The number of ether oxygens (including phenoxy) is 2. The lowest BCUT2D eigenvalue weighted by Crippen LogP contribution is -2.26. The molecule has 5 heteroatoms. The maximum Gasteiger partial charge on any atom is 0.407 e. The van der Waals surface area contributed by atoms with Crippen LogP contribution >= 0.6 is 0 Å². The van der Waals surface area contributed by atoms with Crippen LogP contribution in [0.15, 0.2) is 72.8 Å². The van der Waals surface area contributed by atoms with Crippen LogP contribution < -0.4 is 15.8 Å². The second-order valence-electron chi connectivity index (χ2n) is 7.11. The van der Waals surface area contributed by atoms with Crippen LogP contribution in [0.3, 0.4) is 0 Å². The van der Waals surface area contributed by atoms with Crippen LogP contribution in [0.1, 0.15) is 22.6 Å². The first-order chi connectivity index (χ1) is 14.7. The highest BCUT2D eigenvalue weighted by Gasteiger charge is 2.28. The van der Waals surface area contributed by atoms with Crippen molar-refractivity contribution in [3.8, 4) is 16.9 Å². The van der Waals surface area contributed by atoms with Crippen LogP contribution in [-0.2, 0) is 4.74 Å². The molecule has 0 aromatic heterocycles. The number of benzene rings is 3. The molecule has 3 aromatic carbocycles. The van der Waals surface area contributed by atoms with Gasteiger partial charge in [0.25, 0.3) is 0 Å². The monoisotopic (exact) mass is 400 g/mol. The average molecular weight is 400 g/mol. The fourth-order valence-electron chi connectivity index (χ4n) is 3.84. The van der Waals surface area contributed by atoms with E-state index in [4.69, 9.17) is 15.2 Å². The van der Waals surface area contributed by atoms with E-state index in [1.165, 1.54) is 22.3 Å². The zero-order chi connectivity index (χ0) is 20.9. The van der Waals surface area contributed by atoms with Gasteiger partial charge in [-0.3, -0.25) is 0 Å². The summed E-state index contributed by atoms with van der Waals surface area (Å²) in [4.78, 5) is 12.2. The SMILES string of the molecule is COc1cc(N)ccc1C=CCNC(=O)OCC1c2ccccc2-c2ccccc21. The van der Waals surface area contributed by atoms with Crippen LogP contribution in [0.5, 0.6) is 5.75 Å². The summed E-state index contributed by atoms with van der Waals surface area (Å²) in [7, 11) is 1.60. The largest absolute Gasteiger partial charge is 0.496 e. The number of carbonyl (C=O) groups is 1. The molecule has 0 atom stereocenters. The molecule has 0 bridgehead atoms. The molecule has 0 fully saturated rings. The summed E-state index contributed by atoms with van der Waals surface area (Å²) >= 11 is 0. The highest BCUT2D eigenvalue weighted by Crippen LogP contribution is 2.44. The van der Waals surface area contributed by atoms with Gasteiger partial charge in [-0.15, -0.1) is 0 Å². The molecule has 0 saturated carbocycles. The van der Waals surface area contributed by atoms with E-state index < -0.39 is 6.09 Å². The average Bonchev–Trinajstić information content (AvgIpc) is 3.10. The van der Waals surface area contributed by atoms with Gasteiger partial charge >= 0.3 is 6.09 Å². The van der Waals surface area contributed by atoms with Gasteiger partial charge in [-0.05, 0) is 34.4 Å². The third-order valence-corrected chi connectivity index (χ3v) is 5.26. The summed E-state index contributed by atoms with van der Waals surface area (Å²) in [5.41, 5.74) is 12.1. The van der Waals surface area contributed by atoms with E-state index in [1.807, 2.05) is 42.5 Å². The zero-order valence-corrected chi connectivity index (χ0v) is 16.8. The number of anilines is 1. The molecular formula is C25H24N2O3. The summed E-state index contributed by atoms with van der Waals surface area (Å²) in [5.74, 6) is 0.741. The Morgan fingerprint density at radius 2 is 1.70 bits per heavy atom. The Kier molecular flexibility index (Phi) is 5.70. The quantitative estimate of drug-likeness (QED) is 0.581. The van der Waals surface area contributed by atoms with E-state index >= 15 is 0 Å². The predicted octanol–water partition coefficient (Wildman–Crippen LogP) is 4.83. The van der Waals surface area contributed by atoms with Crippen molar-refractivity contribution in [2.45, 2.75) is 5.92 Å². The Morgan fingerprint density at radius 3 is 2.37 bits per heavy atom. The van der Waals surface area contributed by atoms with Crippen molar-refractivity contribution in [1.29, 1.82) is 0 Å². The second-order valence-corrected chi connectivity index (χ2v) is 7.11. The molecule has 0 saturated heterocycles. The summed E-state index contributed by atoms with van der Waals surface area (Å²) in [5, 5.41) is 2.76. The topological polar surface area (TPSA) is 73.6 Å². The molecule has 152 valence electrons. The fraction of sp³-hybridized carbons (Fsp3) is 0.160. The molecule has 0 radical (unpaired) electrons. The van der Waals surface area contributed by atoms with E-state index in [-0.39, 0.29) is 5.92 Å². The van der Waals surface area contributed by atoms with Gasteiger partial charge in [0.05, 0.1) is 7.11 Å².